The maximum absolute atomic E-state index is 13.9. The van der Waals surface area contributed by atoms with Gasteiger partial charge in [-0.1, -0.05) is 43.5 Å². The van der Waals surface area contributed by atoms with E-state index in [0.717, 1.165) is 41.5 Å². The highest BCUT2D eigenvalue weighted by Crippen LogP contribution is 2.55. The summed E-state index contributed by atoms with van der Waals surface area (Å²) in [4.78, 5) is 37.2. The maximum Gasteiger partial charge on any atom is 0.345 e. The molecule has 3 aromatic carbocycles. The fourth-order valence-electron chi connectivity index (χ4n) is 5.67. The first kappa shape index (κ1) is 27.4. The quantitative estimate of drug-likeness (QED) is 0.127. The van der Waals surface area contributed by atoms with Gasteiger partial charge < -0.3 is 14.2 Å². The Kier molecular flexibility index (Phi) is 6.90. The third-order valence-corrected chi connectivity index (χ3v) is 7.56. The molecule has 0 radical (unpaired) electrons. The molecule has 1 atom stereocenters. The van der Waals surface area contributed by atoms with Gasteiger partial charge in [0.2, 0.25) is 0 Å². The number of fused-ring (bicyclic) bond motifs is 5. The van der Waals surface area contributed by atoms with E-state index in [9.17, 15) is 19.7 Å². The first-order chi connectivity index (χ1) is 19.0. The number of esters is 1. The number of carbonyl (C=O) groups excluding carboxylic acids is 2. The molecule has 3 aromatic rings. The minimum Gasteiger partial charge on any atom is -0.482 e. The molecule has 0 amide bonds. The Hall–Kier alpha value is -4.20. The zero-order valence-corrected chi connectivity index (χ0v) is 23.5. The number of ketones is 1. The number of unbranched alkanes of at least 4 members (excludes halogenated alkanes) is 2. The van der Waals surface area contributed by atoms with Crippen LogP contribution in [0.1, 0.15) is 86.0 Å². The monoisotopic (exact) mass is 543 g/mol. The average Bonchev–Trinajstić information content (AvgIpc) is 2.87. The molecular formula is C32H33NO7. The molecule has 0 bridgehead atoms. The third-order valence-electron chi connectivity index (χ3n) is 7.56. The summed E-state index contributed by atoms with van der Waals surface area (Å²) in [5.41, 5.74) is 4.17. The molecule has 40 heavy (non-hydrogen) atoms. The lowest BCUT2D eigenvalue weighted by Gasteiger charge is -2.42. The number of benzene rings is 3. The summed E-state index contributed by atoms with van der Waals surface area (Å²) in [6, 6.07) is 13.6. The van der Waals surface area contributed by atoms with E-state index in [-0.39, 0.29) is 17.9 Å². The van der Waals surface area contributed by atoms with Gasteiger partial charge in [0.15, 0.2) is 5.75 Å². The number of aryl methyl sites for hydroxylation is 2. The minimum atomic E-state index is -1.79. The van der Waals surface area contributed by atoms with Crippen LogP contribution in [0.15, 0.2) is 48.5 Å². The van der Waals surface area contributed by atoms with Crippen molar-refractivity contribution in [2.75, 3.05) is 0 Å². The second-order valence-corrected chi connectivity index (χ2v) is 11.2. The number of Topliss-reactive ketones (excluding diaryl/α,β-unsaturated/α-hetero) is 1. The minimum absolute atomic E-state index is 0.125. The van der Waals surface area contributed by atoms with Gasteiger partial charge in [0.1, 0.15) is 22.7 Å². The summed E-state index contributed by atoms with van der Waals surface area (Å²) < 4.78 is 19.2. The van der Waals surface area contributed by atoms with E-state index in [1.165, 1.54) is 31.2 Å². The summed E-state index contributed by atoms with van der Waals surface area (Å²) in [6.45, 7) is 9.52. The average molecular weight is 544 g/mol. The second kappa shape index (κ2) is 10.1. The number of nitro groups is 1. The summed E-state index contributed by atoms with van der Waals surface area (Å²) >= 11 is 0. The van der Waals surface area contributed by atoms with Crippen molar-refractivity contribution in [3.8, 4) is 22.6 Å². The SMILES string of the molecule is CCCCCc1cc2c(c3c1C(=O)OC(CC(C)=O)(c1ccc([N+](=O)[O-])cc1)O3)-c1cc(C)ccc1C(C)(C)O2. The maximum atomic E-state index is 13.9. The van der Waals surface area contributed by atoms with Crippen LogP contribution in [0.5, 0.6) is 11.5 Å². The van der Waals surface area contributed by atoms with E-state index in [0.29, 0.717) is 34.6 Å². The third kappa shape index (κ3) is 4.72. The highest BCUT2D eigenvalue weighted by atomic mass is 16.7. The second-order valence-electron chi connectivity index (χ2n) is 11.2. The zero-order valence-electron chi connectivity index (χ0n) is 23.5. The van der Waals surface area contributed by atoms with Crippen molar-refractivity contribution in [1.29, 1.82) is 0 Å². The van der Waals surface area contributed by atoms with E-state index >= 15 is 0 Å². The molecule has 2 aliphatic heterocycles. The Morgan fingerprint density at radius 3 is 2.35 bits per heavy atom. The Balaban J connectivity index is 1.77. The molecule has 8 nitrogen and oxygen atoms in total. The molecule has 1 unspecified atom stereocenters. The van der Waals surface area contributed by atoms with Crippen molar-refractivity contribution in [2.24, 2.45) is 0 Å². The standard InChI is InChI=1S/C32H33NO7/c1-6-7-8-9-21-17-26-28(24-16-19(2)10-15-25(24)31(4,5)38-26)29-27(21)30(35)40-32(39-29,18-20(3)34)22-11-13-23(14-12-22)33(36)37/h10-17H,6-9,18H2,1-5H3. The van der Waals surface area contributed by atoms with E-state index < -0.39 is 22.3 Å². The molecule has 0 saturated heterocycles. The van der Waals surface area contributed by atoms with Gasteiger partial charge in [0, 0.05) is 23.3 Å². The molecule has 0 spiro atoms. The number of carbonyl (C=O) groups is 2. The lowest BCUT2D eigenvalue weighted by atomic mass is 9.82. The number of ether oxygens (including phenoxy) is 3. The summed E-state index contributed by atoms with van der Waals surface area (Å²) in [6.07, 6.45) is 3.25. The summed E-state index contributed by atoms with van der Waals surface area (Å²) in [7, 11) is 0. The van der Waals surface area contributed by atoms with E-state index in [2.05, 4.69) is 13.0 Å². The van der Waals surface area contributed by atoms with Crippen molar-refractivity contribution in [1.82, 2.24) is 0 Å². The predicted octanol–water partition coefficient (Wildman–Crippen LogP) is 7.31. The van der Waals surface area contributed by atoms with Gasteiger partial charge in [-0.3, -0.25) is 14.9 Å². The molecule has 0 aliphatic carbocycles. The van der Waals surface area contributed by atoms with Crippen LogP contribution in [0.25, 0.3) is 11.1 Å². The molecule has 0 N–H and O–H groups in total. The van der Waals surface area contributed by atoms with Crippen molar-refractivity contribution in [2.45, 2.75) is 78.1 Å². The Morgan fingerprint density at radius 2 is 1.70 bits per heavy atom. The van der Waals surface area contributed by atoms with Crippen LogP contribution in [-0.2, 0) is 27.3 Å². The number of hydrogen-bond donors (Lipinski definition) is 0. The molecular weight excluding hydrogens is 510 g/mol. The molecule has 2 heterocycles. The molecule has 5 rings (SSSR count). The molecule has 0 fully saturated rings. The highest BCUT2D eigenvalue weighted by Gasteiger charge is 2.49. The normalized spacial score (nSPS) is 18.4. The number of nitro benzene ring substituents is 1. The first-order valence-corrected chi connectivity index (χ1v) is 13.6. The van der Waals surface area contributed by atoms with Crippen LogP contribution in [0.3, 0.4) is 0 Å². The molecule has 2 aliphatic rings. The fraction of sp³-hybridized carbons (Fsp3) is 0.375. The zero-order chi connectivity index (χ0) is 28.8. The Bertz CT molecular complexity index is 1520. The number of non-ortho nitro benzene ring substituents is 1. The van der Waals surface area contributed by atoms with E-state index in [1.807, 2.05) is 39.0 Å². The lowest BCUT2D eigenvalue weighted by Crippen LogP contribution is -2.44. The first-order valence-electron chi connectivity index (χ1n) is 13.6. The van der Waals surface area contributed by atoms with Crippen LogP contribution in [0.4, 0.5) is 5.69 Å². The van der Waals surface area contributed by atoms with Crippen LogP contribution in [0.2, 0.25) is 0 Å². The highest BCUT2D eigenvalue weighted by molar-refractivity contribution is 6.01. The van der Waals surface area contributed by atoms with Crippen molar-refractivity contribution >= 4 is 17.4 Å². The van der Waals surface area contributed by atoms with Gasteiger partial charge >= 0.3 is 5.97 Å². The smallest absolute Gasteiger partial charge is 0.345 e. The topological polar surface area (TPSA) is 105 Å². The van der Waals surface area contributed by atoms with E-state index in [4.69, 9.17) is 14.2 Å². The fourth-order valence-corrected chi connectivity index (χ4v) is 5.67. The van der Waals surface area contributed by atoms with Gasteiger partial charge in [-0.05, 0) is 69.9 Å². The van der Waals surface area contributed by atoms with Gasteiger partial charge in [-0.2, -0.15) is 0 Å². The van der Waals surface area contributed by atoms with Crippen molar-refractivity contribution < 1.29 is 28.7 Å². The van der Waals surface area contributed by atoms with Gasteiger partial charge in [-0.25, -0.2) is 4.79 Å². The Morgan fingerprint density at radius 1 is 0.975 bits per heavy atom. The number of cyclic esters (lactones) is 1. The van der Waals surface area contributed by atoms with Gasteiger partial charge in [0.25, 0.3) is 11.5 Å². The van der Waals surface area contributed by atoms with E-state index in [1.54, 1.807) is 0 Å². The van der Waals surface area contributed by atoms with Crippen LogP contribution in [-0.4, -0.2) is 16.7 Å². The number of rotatable bonds is 8. The van der Waals surface area contributed by atoms with Gasteiger partial charge in [0.05, 0.1) is 16.9 Å². The van der Waals surface area contributed by atoms with Crippen LogP contribution in [0, 0.1) is 17.0 Å². The molecule has 0 saturated carbocycles. The van der Waals surface area contributed by atoms with Crippen LogP contribution >= 0.6 is 0 Å². The van der Waals surface area contributed by atoms with Crippen LogP contribution < -0.4 is 9.47 Å². The molecule has 0 aromatic heterocycles. The number of hydrogen-bond acceptors (Lipinski definition) is 7. The molecule has 8 heteroatoms. The predicted molar refractivity (Wildman–Crippen MR) is 150 cm³/mol. The summed E-state index contributed by atoms with van der Waals surface area (Å²) in [5.74, 6) is -1.76. The van der Waals surface area contributed by atoms with Crippen molar-refractivity contribution in [3.63, 3.8) is 0 Å². The molecule has 208 valence electrons. The number of nitrogens with zero attached hydrogens (tertiary/aromatic N) is 1. The van der Waals surface area contributed by atoms with Crippen molar-refractivity contribution in [3.05, 3.63) is 86.5 Å². The summed E-state index contributed by atoms with van der Waals surface area (Å²) in [5, 5.41) is 11.3. The van der Waals surface area contributed by atoms with Gasteiger partial charge in [-0.15, -0.1) is 0 Å². The Labute approximate surface area is 233 Å². The lowest BCUT2D eigenvalue weighted by molar-refractivity contribution is -0.384. The largest absolute Gasteiger partial charge is 0.482 e.